The fraction of sp³-hybridized carbons (Fsp3) is 0.389. The summed E-state index contributed by atoms with van der Waals surface area (Å²) in [4.78, 5) is 6.34. The highest BCUT2D eigenvalue weighted by Gasteiger charge is 2.28. The predicted molar refractivity (Wildman–Crippen MR) is 92.5 cm³/mol. The van der Waals surface area contributed by atoms with Gasteiger partial charge in [-0.05, 0) is 42.2 Å². The maximum atomic E-state index is 12.2. The van der Waals surface area contributed by atoms with Crippen LogP contribution in [0.3, 0.4) is 0 Å². The normalized spacial score (nSPS) is 16.4. The van der Waals surface area contributed by atoms with E-state index in [1.807, 2.05) is 0 Å². The standard InChI is InChI=1S/C18H18BrF3N2O/c1-12(14-3-5-17(23-9-14)25-11-18(20,21)22)24-7-6-13-2-4-16(19)8-15(13)10-24/h2-5,8-9,12H,6-7,10-11H2,1H3/t12-/m1/s1. The molecule has 7 heteroatoms. The van der Waals surface area contributed by atoms with Crippen molar-refractivity contribution >= 4 is 15.9 Å². The Morgan fingerprint density at radius 3 is 2.72 bits per heavy atom. The third-order valence-electron chi connectivity index (χ3n) is 4.38. The van der Waals surface area contributed by atoms with E-state index in [2.05, 4.69) is 55.7 Å². The maximum Gasteiger partial charge on any atom is 0.422 e. The second-order valence-corrected chi connectivity index (χ2v) is 7.06. The van der Waals surface area contributed by atoms with Gasteiger partial charge in [-0.25, -0.2) is 4.98 Å². The van der Waals surface area contributed by atoms with E-state index < -0.39 is 12.8 Å². The quantitative estimate of drug-likeness (QED) is 0.710. The number of benzene rings is 1. The van der Waals surface area contributed by atoms with Gasteiger partial charge in [-0.1, -0.05) is 28.1 Å². The molecular weight excluding hydrogens is 397 g/mol. The zero-order valence-corrected chi connectivity index (χ0v) is 15.3. The van der Waals surface area contributed by atoms with Crippen molar-refractivity contribution in [3.05, 3.63) is 57.7 Å². The topological polar surface area (TPSA) is 25.4 Å². The van der Waals surface area contributed by atoms with Crippen molar-refractivity contribution < 1.29 is 17.9 Å². The van der Waals surface area contributed by atoms with Crippen molar-refractivity contribution in [2.75, 3.05) is 13.2 Å². The van der Waals surface area contributed by atoms with Crippen LogP contribution in [0.5, 0.6) is 5.88 Å². The monoisotopic (exact) mass is 414 g/mol. The summed E-state index contributed by atoms with van der Waals surface area (Å²) in [5, 5.41) is 0. The molecule has 0 amide bonds. The Hall–Kier alpha value is -1.60. The zero-order valence-electron chi connectivity index (χ0n) is 13.7. The molecule has 0 radical (unpaired) electrons. The number of nitrogens with zero attached hydrogens (tertiary/aromatic N) is 2. The van der Waals surface area contributed by atoms with Crippen molar-refractivity contribution in [2.45, 2.75) is 32.1 Å². The van der Waals surface area contributed by atoms with E-state index in [0.29, 0.717) is 0 Å². The molecule has 1 aliphatic heterocycles. The molecule has 1 atom stereocenters. The van der Waals surface area contributed by atoms with Crippen LogP contribution in [0, 0.1) is 0 Å². The lowest BCUT2D eigenvalue weighted by Gasteiger charge is -2.34. The predicted octanol–water partition coefficient (Wildman–Crippen LogP) is 4.90. The molecule has 0 N–H and O–H groups in total. The highest BCUT2D eigenvalue weighted by atomic mass is 79.9. The second-order valence-electron chi connectivity index (χ2n) is 6.14. The average Bonchev–Trinajstić information content (AvgIpc) is 2.58. The van der Waals surface area contributed by atoms with Gasteiger partial charge in [0.25, 0.3) is 0 Å². The first kappa shape index (κ1) is 18.2. The van der Waals surface area contributed by atoms with Crippen molar-refractivity contribution in [3.8, 4) is 5.88 Å². The first-order valence-electron chi connectivity index (χ1n) is 7.99. The lowest BCUT2D eigenvalue weighted by atomic mass is 9.97. The Morgan fingerprint density at radius 1 is 1.24 bits per heavy atom. The van der Waals surface area contributed by atoms with Crippen molar-refractivity contribution in [2.24, 2.45) is 0 Å². The minimum Gasteiger partial charge on any atom is -0.468 e. The van der Waals surface area contributed by atoms with Crippen molar-refractivity contribution in [3.63, 3.8) is 0 Å². The van der Waals surface area contributed by atoms with Crippen LogP contribution in [0.15, 0.2) is 41.0 Å². The molecule has 1 aliphatic rings. The molecule has 0 aliphatic carbocycles. The van der Waals surface area contributed by atoms with E-state index in [1.165, 1.54) is 17.2 Å². The Labute approximate surface area is 152 Å². The Morgan fingerprint density at radius 2 is 2.04 bits per heavy atom. The van der Waals surface area contributed by atoms with Crippen molar-refractivity contribution in [1.82, 2.24) is 9.88 Å². The van der Waals surface area contributed by atoms with Gasteiger partial charge in [-0.2, -0.15) is 13.2 Å². The molecule has 1 aromatic heterocycles. The Balaban J connectivity index is 1.66. The Bertz CT molecular complexity index is 734. The summed E-state index contributed by atoms with van der Waals surface area (Å²) in [7, 11) is 0. The van der Waals surface area contributed by atoms with Crippen LogP contribution in [0.1, 0.15) is 29.7 Å². The third kappa shape index (κ3) is 4.73. The lowest BCUT2D eigenvalue weighted by Crippen LogP contribution is -2.32. The number of ether oxygens (including phenoxy) is 1. The van der Waals surface area contributed by atoms with Crippen LogP contribution in [0.4, 0.5) is 13.2 Å². The summed E-state index contributed by atoms with van der Waals surface area (Å²) in [6, 6.07) is 9.74. The summed E-state index contributed by atoms with van der Waals surface area (Å²) in [6.45, 7) is 2.52. The SMILES string of the molecule is C[C@H](c1ccc(OCC(F)(F)F)nc1)N1CCc2ccc(Br)cc2C1. The fourth-order valence-electron chi connectivity index (χ4n) is 2.97. The molecule has 0 saturated heterocycles. The molecular formula is C18H18BrF3N2O. The molecule has 0 bridgehead atoms. The van der Waals surface area contributed by atoms with E-state index in [-0.39, 0.29) is 11.9 Å². The fourth-order valence-corrected chi connectivity index (χ4v) is 3.38. The smallest absolute Gasteiger partial charge is 0.422 e. The van der Waals surface area contributed by atoms with E-state index >= 15 is 0 Å². The maximum absolute atomic E-state index is 12.2. The average molecular weight is 415 g/mol. The molecule has 0 spiro atoms. The molecule has 3 rings (SSSR count). The van der Waals surface area contributed by atoms with E-state index in [4.69, 9.17) is 0 Å². The van der Waals surface area contributed by atoms with E-state index in [9.17, 15) is 13.2 Å². The summed E-state index contributed by atoms with van der Waals surface area (Å²) < 4.78 is 42.3. The summed E-state index contributed by atoms with van der Waals surface area (Å²) >= 11 is 3.51. The molecule has 1 aromatic carbocycles. The highest BCUT2D eigenvalue weighted by molar-refractivity contribution is 9.10. The number of hydrogen-bond acceptors (Lipinski definition) is 3. The van der Waals surface area contributed by atoms with E-state index in [0.717, 1.165) is 29.5 Å². The van der Waals surface area contributed by atoms with Crippen LogP contribution in [0.2, 0.25) is 0 Å². The zero-order chi connectivity index (χ0) is 18.0. The van der Waals surface area contributed by atoms with Crippen LogP contribution >= 0.6 is 15.9 Å². The van der Waals surface area contributed by atoms with Crippen LogP contribution in [0.25, 0.3) is 0 Å². The van der Waals surface area contributed by atoms with Gasteiger partial charge < -0.3 is 4.74 Å². The lowest BCUT2D eigenvalue weighted by molar-refractivity contribution is -0.154. The molecule has 0 unspecified atom stereocenters. The van der Waals surface area contributed by atoms with E-state index in [1.54, 1.807) is 12.3 Å². The number of fused-ring (bicyclic) bond motifs is 1. The van der Waals surface area contributed by atoms with Gasteiger partial charge in [0.05, 0.1) is 0 Å². The molecule has 2 heterocycles. The van der Waals surface area contributed by atoms with Gasteiger partial charge in [0.1, 0.15) is 0 Å². The summed E-state index contributed by atoms with van der Waals surface area (Å²) in [5.41, 5.74) is 3.61. The van der Waals surface area contributed by atoms with Gasteiger partial charge in [-0.3, -0.25) is 4.90 Å². The molecule has 0 fully saturated rings. The molecule has 3 nitrogen and oxygen atoms in total. The van der Waals surface area contributed by atoms with Gasteiger partial charge in [0.15, 0.2) is 6.61 Å². The molecule has 2 aromatic rings. The molecule has 25 heavy (non-hydrogen) atoms. The number of hydrogen-bond donors (Lipinski definition) is 0. The highest BCUT2D eigenvalue weighted by Crippen LogP contribution is 2.29. The van der Waals surface area contributed by atoms with Crippen LogP contribution in [-0.2, 0) is 13.0 Å². The van der Waals surface area contributed by atoms with Gasteiger partial charge >= 0.3 is 6.18 Å². The number of alkyl halides is 3. The third-order valence-corrected chi connectivity index (χ3v) is 4.88. The molecule has 0 saturated carbocycles. The van der Waals surface area contributed by atoms with Gasteiger partial charge in [-0.15, -0.1) is 0 Å². The van der Waals surface area contributed by atoms with Crippen molar-refractivity contribution in [1.29, 1.82) is 0 Å². The number of halogens is 4. The largest absolute Gasteiger partial charge is 0.468 e. The number of rotatable bonds is 4. The minimum atomic E-state index is -4.36. The minimum absolute atomic E-state index is 0.0128. The summed E-state index contributed by atoms with van der Waals surface area (Å²) in [6.07, 6.45) is -1.79. The first-order chi connectivity index (χ1) is 11.8. The van der Waals surface area contributed by atoms with Gasteiger partial charge in [0.2, 0.25) is 5.88 Å². The second kappa shape index (κ2) is 7.33. The summed E-state index contributed by atoms with van der Waals surface area (Å²) in [5.74, 6) is -0.0128. The van der Waals surface area contributed by atoms with Gasteiger partial charge in [0, 0.05) is 35.9 Å². The number of pyridine rings is 1. The van der Waals surface area contributed by atoms with Crippen LogP contribution in [-0.4, -0.2) is 29.2 Å². The Kier molecular flexibility index (Phi) is 5.34. The number of aromatic nitrogens is 1. The first-order valence-corrected chi connectivity index (χ1v) is 8.78. The van der Waals surface area contributed by atoms with Crippen LogP contribution < -0.4 is 4.74 Å². The molecule has 134 valence electrons.